The molecule has 1 aromatic heterocycles. The van der Waals surface area contributed by atoms with Crippen LogP contribution in [-0.2, 0) is 6.42 Å². The summed E-state index contributed by atoms with van der Waals surface area (Å²) in [7, 11) is 1.95. The average Bonchev–Trinajstić information content (AvgIpc) is 3.11. The Labute approximate surface area is 123 Å². The van der Waals surface area contributed by atoms with Gasteiger partial charge in [0.05, 0.1) is 0 Å². The van der Waals surface area contributed by atoms with E-state index in [9.17, 15) is 0 Å². The molecule has 0 amide bonds. The molecule has 2 unspecified atom stereocenters. The fraction of sp³-hybridized carbons (Fsp3) is 0.222. The van der Waals surface area contributed by atoms with E-state index in [4.69, 9.17) is 9.15 Å². The van der Waals surface area contributed by atoms with E-state index in [1.165, 1.54) is 5.56 Å². The van der Waals surface area contributed by atoms with Crippen molar-refractivity contribution in [1.82, 2.24) is 5.32 Å². The average molecular weight is 279 g/mol. The Morgan fingerprint density at radius 3 is 2.71 bits per heavy atom. The van der Waals surface area contributed by atoms with Crippen LogP contribution in [0.2, 0.25) is 0 Å². The van der Waals surface area contributed by atoms with Gasteiger partial charge in [-0.25, -0.2) is 0 Å². The van der Waals surface area contributed by atoms with Crippen molar-refractivity contribution in [3.05, 3.63) is 65.9 Å². The minimum Gasteiger partial charge on any atom is -0.488 e. The first-order valence-electron chi connectivity index (χ1n) is 7.25. The lowest BCUT2D eigenvalue weighted by molar-refractivity contribution is 0.171. The number of likely N-dealkylation sites (N-methyl/N-ethyl adjacent to an activating group) is 1. The molecule has 2 atom stereocenters. The zero-order valence-electron chi connectivity index (χ0n) is 11.9. The van der Waals surface area contributed by atoms with Crippen molar-refractivity contribution in [2.75, 3.05) is 7.05 Å². The molecular formula is C18H17NO2. The van der Waals surface area contributed by atoms with Gasteiger partial charge in [-0.05, 0) is 30.8 Å². The van der Waals surface area contributed by atoms with Crippen LogP contribution in [0.1, 0.15) is 17.4 Å². The predicted octanol–water partition coefficient (Wildman–Crippen LogP) is 3.70. The topological polar surface area (TPSA) is 34.4 Å². The van der Waals surface area contributed by atoms with E-state index < -0.39 is 0 Å². The van der Waals surface area contributed by atoms with Crippen LogP contribution < -0.4 is 10.1 Å². The fourth-order valence-electron chi connectivity index (χ4n) is 3.06. The summed E-state index contributed by atoms with van der Waals surface area (Å²) in [6.45, 7) is 0. The van der Waals surface area contributed by atoms with E-state index in [1.807, 2.05) is 37.4 Å². The summed E-state index contributed by atoms with van der Waals surface area (Å²) < 4.78 is 12.1. The molecule has 106 valence electrons. The molecule has 0 saturated heterocycles. The van der Waals surface area contributed by atoms with Gasteiger partial charge in [-0.15, -0.1) is 0 Å². The summed E-state index contributed by atoms with van der Waals surface area (Å²) in [5, 5.41) is 4.47. The van der Waals surface area contributed by atoms with Gasteiger partial charge in [-0.1, -0.05) is 36.4 Å². The molecule has 0 bridgehead atoms. The first-order valence-corrected chi connectivity index (χ1v) is 7.25. The highest BCUT2D eigenvalue weighted by molar-refractivity contribution is 5.77. The lowest BCUT2D eigenvalue weighted by Gasteiger charge is -2.20. The Hall–Kier alpha value is -2.26. The Morgan fingerprint density at radius 1 is 1.10 bits per heavy atom. The van der Waals surface area contributed by atoms with Crippen molar-refractivity contribution in [2.24, 2.45) is 0 Å². The molecule has 3 nitrogen and oxygen atoms in total. The number of benzene rings is 2. The predicted molar refractivity (Wildman–Crippen MR) is 82.6 cm³/mol. The van der Waals surface area contributed by atoms with Gasteiger partial charge in [0.1, 0.15) is 29.2 Å². The van der Waals surface area contributed by atoms with E-state index in [2.05, 4.69) is 29.6 Å². The molecule has 3 aromatic rings. The first-order chi connectivity index (χ1) is 10.3. The molecule has 1 aliphatic heterocycles. The summed E-state index contributed by atoms with van der Waals surface area (Å²) in [4.78, 5) is 0. The highest BCUT2D eigenvalue weighted by Crippen LogP contribution is 2.35. The summed E-state index contributed by atoms with van der Waals surface area (Å²) in [6.07, 6.45) is 0.964. The smallest absolute Gasteiger partial charge is 0.134 e. The summed E-state index contributed by atoms with van der Waals surface area (Å²) in [6, 6.07) is 18.4. The van der Waals surface area contributed by atoms with Gasteiger partial charge in [0, 0.05) is 11.8 Å². The number of hydrogen-bond acceptors (Lipinski definition) is 3. The third kappa shape index (κ3) is 2.10. The molecule has 2 aromatic carbocycles. The maximum atomic E-state index is 6.09. The third-order valence-electron chi connectivity index (χ3n) is 4.11. The Morgan fingerprint density at radius 2 is 1.90 bits per heavy atom. The van der Waals surface area contributed by atoms with Crippen molar-refractivity contribution in [3.63, 3.8) is 0 Å². The largest absolute Gasteiger partial charge is 0.488 e. The van der Waals surface area contributed by atoms with Gasteiger partial charge in [-0.3, -0.25) is 0 Å². The van der Waals surface area contributed by atoms with Gasteiger partial charge >= 0.3 is 0 Å². The Bertz CT molecular complexity index is 719. The monoisotopic (exact) mass is 279 g/mol. The number of hydrogen-bond donors (Lipinski definition) is 1. The van der Waals surface area contributed by atoms with E-state index in [-0.39, 0.29) is 12.1 Å². The van der Waals surface area contributed by atoms with Crippen molar-refractivity contribution in [1.29, 1.82) is 0 Å². The Kier molecular flexibility index (Phi) is 2.93. The summed E-state index contributed by atoms with van der Waals surface area (Å²) in [5.41, 5.74) is 2.18. The van der Waals surface area contributed by atoms with Crippen LogP contribution in [-0.4, -0.2) is 13.2 Å². The van der Waals surface area contributed by atoms with E-state index in [0.29, 0.717) is 0 Å². The number of furan rings is 1. The highest BCUT2D eigenvalue weighted by atomic mass is 16.5. The third-order valence-corrected chi connectivity index (χ3v) is 4.11. The minimum atomic E-state index is 0.0461. The van der Waals surface area contributed by atoms with Crippen molar-refractivity contribution >= 4 is 11.0 Å². The maximum absolute atomic E-state index is 6.09. The Balaban J connectivity index is 1.66. The number of fused-ring (bicyclic) bond motifs is 2. The standard InChI is InChI=1S/C18H17NO2/c1-19-18(16-10-12-6-2-4-8-14(12)20-16)17-11-13-7-3-5-9-15(13)21-17/h2-10,17-19H,11H2,1H3. The number of nitrogens with one attached hydrogen (secondary N) is 1. The van der Waals surface area contributed by atoms with E-state index in [0.717, 1.165) is 28.9 Å². The molecule has 1 N–H and O–H groups in total. The second kappa shape index (κ2) is 4.93. The minimum absolute atomic E-state index is 0.0461. The molecule has 21 heavy (non-hydrogen) atoms. The maximum Gasteiger partial charge on any atom is 0.134 e. The van der Waals surface area contributed by atoms with Crippen LogP contribution in [0.3, 0.4) is 0 Å². The van der Waals surface area contributed by atoms with E-state index >= 15 is 0 Å². The number of ether oxygens (including phenoxy) is 1. The SMILES string of the molecule is CNC(c1cc2ccccc2o1)C1Cc2ccccc2O1. The second-order valence-electron chi connectivity index (χ2n) is 5.42. The highest BCUT2D eigenvalue weighted by Gasteiger charge is 2.32. The molecular weight excluding hydrogens is 262 g/mol. The molecule has 0 radical (unpaired) electrons. The lowest BCUT2D eigenvalue weighted by Crippen LogP contribution is -2.32. The zero-order valence-corrected chi connectivity index (χ0v) is 11.9. The fourth-order valence-corrected chi connectivity index (χ4v) is 3.06. The number of para-hydroxylation sites is 2. The lowest BCUT2D eigenvalue weighted by atomic mass is 10.0. The van der Waals surface area contributed by atoms with Gasteiger partial charge in [0.2, 0.25) is 0 Å². The summed E-state index contributed by atoms with van der Waals surface area (Å²) in [5.74, 6) is 1.91. The van der Waals surface area contributed by atoms with Gasteiger partial charge in [0.15, 0.2) is 0 Å². The molecule has 0 spiro atoms. The van der Waals surface area contributed by atoms with Crippen LogP contribution >= 0.6 is 0 Å². The quantitative estimate of drug-likeness (QED) is 0.794. The summed E-state index contributed by atoms with van der Waals surface area (Å²) >= 11 is 0. The molecule has 4 rings (SSSR count). The van der Waals surface area contributed by atoms with Crippen LogP contribution in [0.25, 0.3) is 11.0 Å². The molecule has 0 fully saturated rings. The van der Waals surface area contributed by atoms with Crippen LogP contribution in [0.15, 0.2) is 59.0 Å². The van der Waals surface area contributed by atoms with Crippen molar-refractivity contribution in [3.8, 4) is 5.75 Å². The van der Waals surface area contributed by atoms with Crippen LogP contribution in [0.5, 0.6) is 5.75 Å². The van der Waals surface area contributed by atoms with Crippen LogP contribution in [0.4, 0.5) is 0 Å². The number of rotatable bonds is 3. The van der Waals surface area contributed by atoms with E-state index in [1.54, 1.807) is 0 Å². The van der Waals surface area contributed by atoms with Gasteiger partial charge in [-0.2, -0.15) is 0 Å². The second-order valence-corrected chi connectivity index (χ2v) is 5.42. The van der Waals surface area contributed by atoms with Gasteiger partial charge in [0.25, 0.3) is 0 Å². The molecule has 1 aliphatic rings. The molecule has 0 aliphatic carbocycles. The normalized spacial score (nSPS) is 18.4. The molecule has 3 heteroatoms. The zero-order chi connectivity index (χ0) is 14.2. The molecule has 0 saturated carbocycles. The van der Waals surface area contributed by atoms with Gasteiger partial charge < -0.3 is 14.5 Å². The van der Waals surface area contributed by atoms with Crippen LogP contribution in [0, 0.1) is 0 Å². The van der Waals surface area contributed by atoms with Crippen molar-refractivity contribution in [2.45, 2.75) is 18.6 Å². The first kappa shape index (κ1) is 12.5. The van der Waals surface area contributed by atoms with Crippen molar-refractivity contribution < 1.29 is 9.15 Å². The molecule has 2 heterocycles.